The van der Waals surface area contributed by atoms with Crippen LogP contribution in [0.5, 0.6) is 0 Å². The Bertz CT molecular complexity index is 417. The van der Waals surface area contributed by atoms with Crippen molar-refractivity contribution in [1.82, 2.24) is 0 Å². The molecule has 0 heterocycles. The summed E-state index contributed by atoms with van der Waals surface area (Å²) in [6.07, 6.45) is 0. The van der Waals surface area contributed by atoms with Gasteiger partial charge in [-0.05, 0) is 12.1 Å². The van der Waals surface area contributed by atoms with Gasteiger partial charge in [0, 0.05) is 10.0 Å². The average Bonchev–Trinajstić information content (AvgIpc) is 1.93. The third-order valence-corrected chi connectivity index (χ3v) is 2.49. The normalized spacial score (nSPS) is 11.6. The number of hydrogen-bond donors (Lipinski definition) is 0. The SMILES string of the molecule is O=S(=O)(F)Cc1ccc(Br)cc1F. The molecule has 0 radical (unpaired) electrons. The maximum atomic E-state index is 12.9. The molecule has 2 nitrogen and oxygen atoms in total. The molecule has 72 valence electrons. The molecule has 1 rings (SSSR count). The van der Waals surface area contributed by atoms with Crippen LogP contribution in [-0.2, 0) is 16.0 Å². The van der Waals surface area contributed by atoms with Gasteiger partial charge in [-0.1, -0.05) is 22.0 Å². The Hall–Kier alpha value is -0.490. The predicted molar refractivity (Wildman–Crippen MR) is 47.8 cm³/mol. The van der Waals surface area contributed by atoms with Gasteiger partial charge in [0.1, 0.15) is 11.6 Å². The molecular weight excluding hydrogens is 266 g/mol. The van der Waals surface area contributed by atoms with Crippen LogP contribution in [0.25, 0.3) is 0 Å². The Labute approximate surface area is 82.9 Å². The van der Waals surface area contributed by atoms with Gasteiger partial charge in [0.2, 0.25) is 0 Å². The molecule has 0 aliphatic rings. The van der Waals surface area contributed by atoms with Crippen LogP contribution in [0.4, 0.5) is 8.28 Å². The van der Waals surface area contributed by atoms with Gasteiger partial charge < -0.3 is 0 Å². The molecule has 0 aromatic heterocycles. The molecule has 13 heavy (non-hydrogen) atoms. The highest BCUT2D eigenvalue weighted by molar-refractivity contribution is 9.10. The zero-order valence-electron chi connectivity index (χ0n) is 6.30. The van der Waals surface area contributed by atoms with Crippen molar-refractivity contribution in [3.63, 3.8) is 0 Å². The van der Waals surface area contributed by atoms with E-state index in [1.54, 1.807) is 0 Å². The summed E-state index contributed by atoms with van der Waals surface area (Å²) in [6, 6.07) is 3.75. The van der Waals surface area contributed by atoms with Crippen molar-refractivity contribution >= 4 is 26.2 Å². The largest absolute Gasteiger partial charge is 0.306 e. The highest BCUT2D eigenvalue weighted by Gasteiger charge is 2.12. The van der Waals surface area contributed by atoms with Crippen LogP contribution < -0.4 is 0 Å². The smallest absolute Gasteiger partial charge is 0.207 e. The van der Waals surface area contributed by atoms with Gasteiger partial charge in [-0.3, -0.25) is 0 Å². The minimum Gasteiger partial charge on any atom is -0.207 e. The Morgan fingerprint density at radius 1 is 1.38 bits per heavy atom. The van der Waals surface area contributed by atoms with E-state index in [1.807, 2.05) is 0 Å². The van der Waals surface area contributed by atoms with E-state index in [4.69, 9.17) is 0 Å². The lowest BCUT2D eigenvalue weighted by Gasteiger charge is -1.99. The highest BCUT2D eigenvalue weighted by Crippen LogP contribution is 2.17. The van der Waals surface area contributed by atoms with E-state index in [2.05, 4.69) is 15.9 Å². The second-order valence-electron chi connectivity index (χ2n) is 2.42. The maximum Gasteiger partial charge on any atom is 0.306 e. The summed E-state index contributed by atoms with van der Waals surface area (Å²) in [4.78, 5) is 0. The molecule has 6 heteroatoms. The summed E-state index contributed by atoms with van der Waals surface area (Å²) in [7, 11) is -4.67. The highest BCUT2D eigenvalue weighted by atomic mass is 79.9. The van der Waals surface area contributed by atoms with Crippen LogP contribution in [0, 0.1) is 5.82 Å². The van der Waals surface area contributed by atoms with Crippen LogP contribution in [0.15, 0.2) is 22.7 Å². The molecular formula is C7H5BrF2O2S. The van der Waals surface area contributed by atoms with Crippen LogP contribution in [0.1, 0.15) is 5.56 Å². The fourth-order valence-corrected chi connectivity index (χ4v) is 1.76. The van der Waals surface area contributed by atoms with Crippen molar-refractivity contribution in [1.29, 1.82) is 0 Å². The summed E-state index contributed by atoms with van der Waals surface area (Å²) < 4.78 is 45.9. The second-order valence-corrected chi connectivity index (χ2v) is 4.70. The molecule has 0 amide bonds. The summed E-state index contributed by atoms with van der Waals surface area (Å²) in [5.41, 5.74) is -0.175. The Morgan fingerprint density at radius 3 is 2.46 bits per heavy atom. The van der Waals surface area contributed by atoms with E-state index >= 15 is 0 Å². The lowest BCUT2D eigenvalue weighted by atomic mass is 10.2. The van der Waals surface area contributed by atoms with E-state index in [1.165, 1.54) is 12.1 Å². The summed E-state index contributed by atoms with van der Waals surface area (Å²) in [5.74, 6) is -1.66. The quantitative estimate of drug-likeness (QED) is 0.774. The van der Waals surface area contributed by atoms with E-state index in [0.717, 1.165) is 6.07 Å². The van der Waals surface area contributed by atoms with Crippen molar-refractivity contribution < 1.29 is 16.7 Å². The second kappa shape index (κ2) is 3.71. The predicted octanol–water partition coefficient (Wildman–Crippen LogP) is 2.39. The van der Waals surface area contributed by atoms with Gasteiger partial charge in [0.15, 0.2) is 0 Å². The number of halogens is 3. The van der Waals surface area contributed by atoms with Crippen molar-refractivity contribution in [3.8, 4) is 0 Å². The van der Waals surface area contributed by atoms with Crippen molar-refractivity contribution in [3.05, 3.63) is 34.1 Å². The van der Waals surface area contributed by atoms with E-state index < -0.39 is 21.8 Å². The average molecular weight is 271 g/mol. The van der Waals surface area contributed by atoms with Gasteiger partial charge in [-0.15, -0.1) is 3.89 Å². The molecule has 0 aliphatic carbocycles. The van der Waals surface area contributed by atoms with Crippen LogP contribution >= 0.6 is 15.9 Å². The first-order valence-corrected chi connectivity index (χ1v) is 5.59. The van der Waals surface area contributed by atoms with E-state index in [-0.39, 0.29) is 5.56 Å². The van der Waals surface area contributed by atoms with Gasteiger partial charge in [0.05, 0.1) is 0 Å². The van der Waals surface area contributed by atoms with E-state index in [0.29, 0.717) is 4.47 Å². The third kappa shape index (κ3) is 3.40. The van der Waals surface area contributed by atoms with Gasteiger partial charge in [-0.2, -0.15) is 8.42 Å². The van der Waals surface area contributed by atoms with Crippen LogP contribution in [0.3, 0.4) is 0 Å². The zero-order chi connectivity index (χ0) is 10.1. The van der Waals surface area contributed by atoms with Gasteiger partial charge >= 0.3 is 10.2 Å². The fourth-order valence-electron chi connectivity index (χ4n) is 0.824. The van der Waals surface area contributed by atoms with E-state index in [9.17, 15) is 16.7 Å². The first-order valence-electron chi connectivity index (χ1n) is 3.25. The summed E-state index contributed by atoms with van der Waals surface area (Å²) in [6.45, 7) is 0. The van der Waals surface area contributed by atoms with Crippen molar-refractivity contribution in [2.24, 2.45) is 0 Å². The monoisotopic (exact) mass is 270 g/mol. The first-order chi connectivity index (χ1) is 5.88. The number of hydrogen-bond acceptors (Lipinski definition) is 2. The zero-order valence-corrected chi connectivity index (χ0v) is 8.70. The molecule has 1 aromatic rings. The Kier molecular flexibility index (Phi) is 3.02. The molecule has 1 aromatic carbocycles. The molecule has 0 unspecified atom stereocenters. The Morgan fingerprint density at radius 2 is 2.00 bits per heavy atom. The molecule has 0 fully saturated rings. The Balaban J connectivity index is 3.04. The molecule has 0 atom stereocenters. The summed E-state index contributed by atoms with van der Waals surface area (Å²) in [5, 5.41) is 0. The molecule has 0 saturated carbocycles. The molecule has 0 spiro atoms. The molecule has 0 N–H and O–H groups in total. The first kappa shape index (κ1) is 10.6. The van der Waals surface area contributed by atoms with Crippen LogP contribution in [-0.4, -0.2) is 8.42 Å². The minimum atomic E-state index is -4.67. The third-order valence-electron chi connectivity index (χ3n) is 1.34. The van der Waals surface area contributed by atoms with Crippen molar-refractivity contribution in [2.75, 3.05) is 0 Å². The fraction of sp³-hybridized carbons (Fsp3) is 0.143. The molecule has 0 aliphatic heterocycles. The standard InChI is InChI=1S/C7H5BrF2O2S/c8-6-2-1-5(7(9)3-6)4-13(10,11)12/h1-3H,4H2. The number of benzene rings is 1. The maximum absolute atomic E-state index is 12.9. The lowest BCUT2D eigenvalue weighted by Crippen LogP contribution is -1.98. The number of rotatable bonds is 2. The van der Waals surface area contributed by atoms with Gasteiger partial charge in [-0.25, -0.2) is 4.39 Å². The van der Waals surface area contributed by atoms with Crippen molar-refractivity contribution in [2.45, 2.75) is 5.75 Å². The van der Waals surface area contributed by atoms with Gasteiger partial charge in [0.25, 0.3) is 0 Å². The lowest BCUT2D eigenvalue weighted by molar-refractivity contribution is 0.547. The minimum absolute atomic E-state index is 0.175. The molecule has 0 saturated heterocycles. The topological polar surface area (TPSA) is 34.1 Å². The molecule has 0 bridgehead atoms. The summed E-state index contributed by atoms with van der Waals surface area (Å²) >= 11 is 2.99. The van der Waals surface area contributed by atoms with Crippen LogP contribution in [0.2, 0.25) is 0 Å².